The predicted molar refractivity (Wildman–Crippen MR) is 104 cm³/mol. The third-order valence-electron chi connectivity index (χ3n) is 3.86. The lowest BCUT2D eigenvalue weighted by Gasteiger charge is -2.15. The summed E-state index contributed by atoms with van der Waals surface area (Å²) in [5.74, 6) is -2.02. The summed E-state index contributed by atoms with van der Waals surface area (Å²) in [4.78, 5) is 11.7. The normalized spacial score (nSPS) is 10.8. The van der Waals surface area contributed by atoms with E-state index < -0.39 is 23.0 Å². The highest BCUT2D eigenvalue weighted by Gasteiger charge is 2.24. The molecule has 0 atom stereocenters. The number of benzene rings is 3. The second-order valence-electron chi connectivity index (χ2n) is 5.68. The second-order valence-corrected chi connectivity index (χ2v) is 5.68. The maximum Gasteiger partial charge on any atom is 0.342 e. The van der Waals surface area contributed by atoms with Crippen molar-refractivity contribution in [2.75, 3.05) is 12.4 Å². The van der Waals surface area contributed by atoms with Crippen molar-refractivity contribution in [3.05, 3.63) is 66.2 Å². The Balaban J connectivity index is 2.05. The Morgan fingerprint density at radius 2 is 1.64 bits per heavy atom. The van der Waals surface area contributed by atoms with Crippen LogP contribution in [-0.2, 0) is 0 Å². The van der Waals surface area contributed by atoms with Crippen molar-refractivity contribution in [1.29, 1.82) is 0 Å². The van der Waals surface area contributed by atoms with Gasteiger partial charge < -0.3 is 25.4 Å². The molecule has 0 bridgehead atoms. The van der Waals surface area contributed by atoms with E-state index in [0.29, 0.717) is 17.1 Å². The zero-order valence-electron chi connectivity index (χ0n) is 14.8. The minimum Gasteiger partial charge on any atom is -0.506 e. The van der Waals surface area contributed by atoms with Crippen LogP contribution in [0, 0.1) is 0 Å². The lowest BCUT2D eigenvalue weighted by molar-refractivity contribution is 0.0694. The first-order chi connectivity index (χ1) is 13.5. The average molecular weight is 379 g/mol. The molecule has 8 heteroatoms. The molecule has 0 saturated heterocycles. The molecule has 0 heterocycles. The third-order valence-corrected chi connectivity index (χ3v) is 3.86. The topological polar surface area (TPSA) is 124 Å². The van der Waals surface area contributed by atoms with Gasteiger partial charge in [0.05, 0.1) is 24.2 Å². The van der Waals surface area contributed by atoms with Crippen LogP contribution in [0.5, 0.6) is 17.2 Å². The minimum absolute atomic E-state index is 0.0157. The van der Waals surface area contributed by atoms with Crippen LogP contribution in [0.3, 0.4) is 0 Å². The van der Waals surface area contributed by atoms with Crippen molar-refractivity contribution in [3.8, 4) is 17.2 Å². The van der Waals surface area contributed by atoms with Gasteiger partial charge in [0, 0.05) is 6.07 Å². The van der Waals surface area contributed by atoms with Gasteiger partial charge in [-0.15, -0.1) is 5.11 Å². The number of rotatable bonds is 6. The van der Waals surface area contributed by atoms with Gasteiger partial charge in [-0.05, 0) is 24.3 Å². The Morgan fingerprint density at radius 1 is 0.964 bits per heavy atom. The smallest absolute Gasteiger partial charge is 0.342 e. The number of anilines is 2. The van der Waals surface area contributed by atoms with Crippen molar-refractivity contribution in [3.63, 3.8) is 0 Å². The number of para-hydroxylation sites is 2. The van der Waals surface area contributed by atoms with Crippen LogP contribution in [0.4, 0.5) is 22.7 Å². The molecule has 4 N–H and O–H groups in total. The van der Waals surface area contributed by atoms with Crippen molar-refractivity contribution in [2.45, 2.75) is 0 Å². The number of azo groups is 1. The number of phenols is 2. The Hall–Kier alpha value is -4.07. The molecule has 0 radical (unpaired) electrons. The standard InChI is InChI=1S/C20H17N3O5/c1-28-16-10-6-5-9-13(16)21-14-11-15(24)18(17(19(14)25)20(26)27)23-22-12-7-3-2-4-8-12/h2-11,21,24-25H,1H3,(H,26,27). The molecule has 28 heavy (non-hydrogen) atoms. The van der Waals surface area contributed by atoms with Crippen LogP contribution in [0.1, 0.15) is 10.4 Å². The van der Waals surface area contributed by atoms with Gasteiger partial charge in [0.2, 0.25) is 0 Å². The predicted octanol–water partition coefficient (Wildman–Crippen LogP) is 4.96. The number of carbonyl (C=O) groups is 1. The van der Waals surface area contributed by atoms with E-state index in [1.807, 2.05) is 0 Å². The molecule has 142 valence electrons. The van der Waals surface area contributed by atoms with Crippen LogP contribution in [0.15, 0.2) is 70.9 Å². The van der Waals surface area contributed by atoms with Gasteiger partial charge in [-0.2, -0.15) is 5.11 Å². The quantitative estimate of drug-likeness (QED) is 0.272. The Labute approximate surface area is 160 Å². The van der Waals surface area contributed by atoms with Crippen molar-refractivity contribution in [1.82, 2.24) is 0 Å². The van der Waals surface area contributed by atoms with Crippen LogP contribution in [0.25, 0.3) is 0 Å². The zero-order valence-corrected chi connectivity index (χ0v) is 14.8. The zero-order chi connectivity index (χ0) is 20.1. The van der Waals surface area contributed by atoms with Crippen molar-refractivity contribution < 1.29 is 24.9 Å². The molecular formula is C20H17N3O5. The lowest BCUT2D eigenvalue weighted by atomic mass is 10.1. The number of methoxy groups -OCH3 is 1. The molecule has 3 aromatic rings. The third kappa shape index (κ3) is 3.85. The van der Waals surface area contributed by atoms with Gasteiger partial charge in [0.15, 0.2) is 5.75 Å². The summed E-state index contributed by atoms with van der Waals surface area (Å²) >= 11 is 0. The monoisotopic (exact) mass is 379 g/mol. The molecule has 0 aliphatic heterocycles. The van der Waals surface area contributed by atoms with Gasteiger partial charge in [-0.25, -0.2) is 4.79 Å². The summed E-state index contributed by atoms with van der Waals surface area (Å²) in [6, 6.07) is 16.7. The van der Waals surface area contributed by atoms with Gasteiger partial charge in [0.1, 0.15) is 22.7 Å². The van der Waals surface area contributed by atoms with E-state index in [0.717, 1.165) is 0 Å². The van der Waals surface area contributed by atoms with E-state index in [9.17, 15) is 20.1 Å². The van der Waals surface area contributed by atoms with E-state index in [-0.39, 0.29) is 11.4 Å². The Bertz CT molecular complexity index is 1040. The molecule has 0 fully saturated rings. The Kier molecular flexibility index (Phi) is 5.40. The SMILES string of the molecule is COc1ccccc1Nc1cc(O)c(N=Nc2ccccc2)c(C(=O)O)c1O. The number of nitrogens with one attached hydrogen (secondary N) is 1. The van der Waals surface area contributed by atoms with Gasteiger partial charge in [0.25, 0.3) is 0 Å². The van der Waals surface area contributed by atoms with E-state index >= 15 is 0 Å². The van der Waals surface area contributed by atoms with E-state index in [4.69, 9.17) is 4.74 Å². The molecule has 0 aliphatic carbocycles. The molecule has 0 unspecified atom stereocenters. The van der Waals surface area contributed by atoms with E-state index in [1.54, 1.807) is 54.6 Å². The Morgan fingerprint density at radius 3 is 2.32 bits per heavy atom. The van der Waals surface area contributed by atoms with Crippen LogP contribution < -0.4 is 10.1 Å². The van der Waals surface area contributed by atoms with Gasteiger partial charge in [-0.3, -0.25) is 0 Å². The number of hydrogen-bond acceptors (Lipinski definition) is 7. The summed E-state index contributed by atoms with van der Waals surface area (Å²) in [5.41, 5.74) is 0.0122. The fourth-order valence-corrected chi connectivity index (χ4v) is 2.54. The highest BCUT2D eigenvalue weighted by molar-refractivity contribution is 6.01. The molecular weight excluding hydrogens is 362 g/mol. The second kappa shape index (κ2) is 8.09. The molecule has 0 aromatic heterocycles. The van der Waals surface area contributed by atoms with Crippen LogP contribution >= 0.6 is 0 Å². The number of phenolic OH excluding ortho intramolecular Hbond substituents is 1. The molecule has 8 nitrogen and oxygen atoms in total. The largest absolute Gasteiger partial charge is 0.506 e. The molecule has 3 aromatic carbocycles. The highest BCUT2D eigenvalue weighted by Crippen LogP contribution is 2.44. The molecule has 3 rings (SSSR count). The summed E-state index contributed by atoms with van der Waals surface area (Å²) in [6.45, 7) is 0. The number of carboxylic acid groups (broad SMARTS) is 1. The van der Waals surface area contributed by atoms with Crippen LogP contribution in [-0.4, -0.2) is 28.4 Å². The number of aromatic carboxylic acids is 1. The number of nitrogens with zero attached hydrogens (tertiary/aromatic N) is 2. The highest BCUT2D eigenvalue weighted by atomic mass is 16.5. The molecule has 0 spiro atoms. The first-order valence-corrected chi connectivity index (χ1v) is 8.20. The summed E-state index contributed by atoms with van der Waals surface area (Å²) in [7, 11) is 1.48. The molecule has 0 amide bonds. The van der Waals surface area contributed by atoms with Crippen molar-refractivity contribution >= 4 is 28.7 Å². The minimum atomic E-state index is -1.46. The first-order valence-electron chi connectivity index (χ1n) is 8.20. The van der Waals surface area contributed by atoms with E-state index in [2.05, 4.69) is 15.5 Å². The van der Waals surface area contributed by atoms with Gasteiger partial charge in [-0.1, -0.05) is 30.3 Å². The number of hydrogen-bond donors (Lipinski definition) is 4. The van der Waals surface area contributed by atoms with Crippen LogP contribution in [0.2, 0.25) is 0 Å². The summed E-state index contributed by atoms with van der Waals surface area (Å²) < 4.78 is 5.22. The lowest BCUT2D eigenvalue weighted by Crippen LogP contribution is -2.01. The number of carboxylic acids is 1. The molecule has 0 aliphatic rings. The van der Waals surface area contributed by atoms with Crippen molar-refractivity contribution in [2.24, 2.45) is 10.2 Å². The fourth-order valence-electron chi connectivity index (χ4n) is 2.54. The summed E-state index contributed by atoms with van der Waals surface area (Å²) in [5, 5.41) is 40.9. The fraction of sp³-hybridized carbons (Fsp3) is 0.0500. The van der Waals surface area contributed by atoms with Gasteiger partial charge >= 0.3 is 5.97 Å². The summed E-state index contributed by atoms with van der Waals surface area (Å²) in [6.07, 6.45) is 0. The van der Waals surface area contributed by atoms with E-state index in [1.165, 1.54) is 13.2 Å². The maximum atomic E-state index is 11.7. The number of ether oxygens (including phenoxy) is 1. The number of aromatic hydroxyl groups is 2. The average Bonchev–Trinajstić information content (AvgIpc) is 2.70. The first kappa shape index (κ1) is 18.7. The molecule has 0 saturated carbocycles. The maximum absolute atomic E-state index is 11.7.